The van der Waals surface area contributed by atoms with Crippen LogP contribution < -0.4 is 5.32 Å². The van der Waals surface area contributed by atoms with Crippen molar-refractivity contribution in [2.45, 2.75) is 18.5 Å². The number of carbonyl (C=O) groups is 1. The number of carbonyl (C=O) groups excluding carboxylic acids is 1. The molecule has 0 radical (unpaired) electrons. The Balaban J connectivity index is 1.84. The summed E-state index contributed by atoms with van der Waals surface area (Å²) in [6.45, 7) is 0.878. The molecule has 1 aliphatic rings. The first kappa shape index (κ1) is 15.4. The lowest BCUT2D eigenvalue weighted by molar-refractivity contribution is -0.129. The van der Waals surface area contributed by atoms with Crippen LogP contribution in [0, 0.1) is 0 Å². The monoisotopic (exact) mass is 384 g/mol. The fourth-order valence-corrected chi connectivity index (χ4v) is 4.04. The molecule has 0 aliphatic carbocycles. The third-order valence-electron chi connectivity index (χ3n) is 4.57. The number of hydrogen-bond donors (Lipinski definition) is 2. The van der Waals surface area contributed by atoms with Crippen LogP contribution in [0.4, 0.5) is 0 Å². The van der Waals surface area contributed by atoms with Crippen LogP contribution in [0.15, 0.2) is 53.0 Å². The van der Waals surface area contributed by atoms with Crippen molar-refractivity contribution in [3.8, 4) is 0 Å². The van der Waals surface area contributed by atoms with E-state index in [1.807, 2.05) is 24.3 Å². The number of H-pyrrole nitrogens is 1. The van der Waals surface area contributed by atoms with Gasteiger partial charge in [0.2, 0.25) is 0 Å². The molecule has 0 amide bonds. The van der Waals surface area contributed by atoms with Gasteiger partial charge in [-0.25, -0.2) is 0 Å². The molecular weight excluding hydrogens is 368 g/mol. The van der Waals surface area contributed by atoms with E-state index in [-0.39, 0.29) is 12.1 Å². The molecule has 0 unspecified atom stereocenters. The minimum Gasteiger partial charge on any atom is -0.466 e. The topological polar surface area (TPSA) is 54.1 Å². The molecule has 24 heavy (non-hydrogen) atoms. The average molecular weight is 385 g/mol. The fourth-order valence-electron chi connectivity index (χ4n) is 3.53. The molecule has 2 atom stereocenters. The molecule has 2 heterocycles. The second-order valence-electron chi connectivity index (χ2n) is 6.01. The molecule has 0 saturated carbocycles. The Kier molecular flexibility index (Phi) is 4.12. The standard InChI is InChI=1S/C19H17BrN2O2/c20-16-7-3-1-6-14(16)18-19-15(9-12(21-18)10-24-11-23)13-5-2-4-8-17(13)22-19/h1-8,11-12,18,21-22H,9-10H2/t12-,18-/m0/s1. The maximum Gasteiger partial charge on any atom is 0.293 e. The van der Waals surface area contributed by atoms with Gasteiger partial charge in [-0.2, -0.15) is 0 Å². The van der Waals surface area contributed by atoms with Crippen molar-refractivity contribution in [3.05, 3.63) is 69.8 Å². The van der Waals surface area contributed by atoms with Crippen molar-refractivity contribution >= 4 is 33.3 Å². The third-order valence-corrected chi connectivity index (χ3v) is 5.29. The lowest BCUT2D eigenvalue weighted by Gasteiger charge is -2.31. The number of aromatic nitrogens is 1. The number of benzene rings is 2. The molecule has 122 valence electrons. The second kappa shape index (κ2) is 6.42. The van der Waals surface area contributed by atoms with Crippen molar-refractivity contribution in [3.63, 3.8) is 0 Å². The van der Waals surface area contributed by atoms with Gasteiger partial charge in [-0.05, 0) is 29.7 Å². The Morgan fingerprint density at radius 2 is 1.96 bits per heavy atom. The number of aromatic amines is 1. The van der Waals surface area contributed by atoms with Gasteiger partial charge in [0, 0.05) is 27.1 Å². The average Bonchev–Trinajstić information content (AvgIpc) is 2.98. The van der Waals surface area contributed by atoms with Gasteiger partial charge in [0.05, 0.1) is 6.04 Å². The van der Waals surface area contributed by atoms with Crippen LogP contribution >= 0.6 is 15.9 Å². The van der Waals surface area contributed by atoms with Crippen molar-refractivity contribution in [2.24, 2.45) is 0 Å². The van der Waals surface area contributed by atoms with E-state index in [1.54, 1.807) is 0 Å². The van der Waals surface area contributed by atoms with Gasteiger partial charge in [-0.15, -0.1) is 0 Å². The highest BCUT2D eigenvalue weighted by molar-refractivity contribution is 9.10. The summed E-state index contributed by atoms with van der Waals surface area (Å²) in [5.41, 5.74) is 4.79. The van der Waals surface area contributed by atoms with Crippen molar-refractivity contribution in [1.82, 2.24) is 10.3 Å². The minimum absolute atomic E-state index is 0.0250. The van der Waals surface area contributed by atoms with E-state index in [1.165, 1.54) is 22.2 Å². The van der Waals surface area contributed by atoms with E-state index in [9.17, 15) is 4.79 Å². The number of nitrogens with one attached hydrogen (secondary N) is 2. The number of hydrogen-bond acceptors (Lipinski definition) is 3. The summed E-state index contributed by atoms with van der Waals surface area (Å²) in [5.74, 6) is 0. The zero-order valence-electron chi connectivity index (χ0n) is 13.0. The summed E-state index contributed by atoms with van der Waals surface area (Å²) in [6.07, 6.45) is 0.828. The van der Waals surface area contributed by atoms with Crippen molar-refractivity contribution in [1.29, 1.82) is 0 Å². The molecule has 0 bridgehead atoms. The predicted octanol–water partition coefficient (Wildman–Crippen LogP) is 3.71. The van der Waals surface area contributed by atoms with Gasteiger partial charge in [0.25, 0.3) is 6.47 Å². The molecule has 1 aromatic heterocycles. The molecule has 4 rings (SSSR count). The van der Waals surface area contributed by atoms with E-state index in [4.69, 9.17) is 4.74 Å². The molecule has 5 heteroatoms. The molecule has 0 saturated heterocycles. The fraction of sp³-hybridized carbons (Fsp3) is 0.211. The zero-order valence-corrected chi connectivity index (χ0v) is 14.5. The molecule has 4 nitrogen and oxygen atoms in total. The molecule has 0 fully saturated rings. The highest BCUT2D eigenvalue weighted by Crippen LogP contribution is 2.37. The van der Waals surface area contributed by atoms with Crippen LogP contribution in [0.25, 0.3) is 10.9 Å². The number of ether oxygens (including phenoxy) is 1. The van der Waals surface area contributed by atoms with Crippen LogP contribution in [0.3, 0.4) is 0 Å². The lowest BCUT2D eigenvalue weighted by Crippen LogP contribution is -2.42. The highest BCUT2D eigenvalue weighted by atomic mass is 79.9. The number of rotatable bonds is 4. The van der Waals surface area contributed by atoms with E-state index >= 15 is 0 Å². The summed E-state index contributed by atoms with van der Waals surface area (Å²) >= 11 is 3.66. The summed E-state index contributed by atoms with van der Waals surface area (Å²) in [6, 6.07) is 16.7. The van der Waals surface area contributed by atoms with Gasteiger partial charge < -0.3 is 9.72 Å². The normalized spacial score (nSPS) is 19.9. The molecular formula is C19H17BrN2O2. The van der Waals surface area contributed by atoms with Gasteiger partial charge >= 0.3 is 0 Å². The molecule has 2 N–H and O–H groups in total. The third kappa shape index (κ3) is 2.64. The van der Waals surface area contributed by atoms with E-state index in [0.717, 1.165) is 16.4 Å². The smallest absolute Gasteiger partial charge is 0.293 e. The van der Waals surface area contributed by atoms with Crippen LogP contribution in [-0.2, 0) is 16.0 Å². The maximum atomic E-state index is 10.6. The molecule has 3 aromatic rings. The number of para-hydroxylation sites is 1. The largest absolute Gasteiger partial charge is 0.466 e. The van der Waals surface area contributed by atoms with Gasteiger partial charge in [0.1, 0.15) is 6.61 Å². The Hall–Kier alpha value is -2.11. The second-order valence-corrected chi connectivity index (χ2v) is 6.87. The highest BCUT2D eigenvalue weighted by Gasteiger charge is 2.31. The molecule has 1 aliphatic heterocycles. The Bertz CT molecular complexity index is 890. The van der Waals surface area contributed by atoms with Gasteiger partial charge in [0.15, 0.2) is 0 Å². The van der Waals surface area contributed by atoms with Crippen LogP contribution in [0.5, 0.6) is 0 Å². The van der Waals surface area contributed by atoms with Gasteiger partial charge in [-0.1, -0.05) is 52.3 Å². The SMILES string of the molecule is O=COC[C@@H]1Cc2c([nH]c3ccccc23)[C@H](c2ccccc2Br)N1. The first-order chi connectivity index (χ1) is 11.8. The van der Waals surface area contributed by atoms with E-state index < -0.39 is 0 Å². The van der Waals surface area contributed by atoms with E-state index in [2.05, 4.69) is 50.5 Å². The molecule has 2 aromatic carbocycles. The first-order valence-electron chi connectivity index (χ1n) is 7.93. The van der Waals surface area contributed by atoms with E-state index in [0.29, 0.717) is 13.1 Å². The minimum atomic E-state index is 0.0250. The summed E-state index contributed by atoms with van der Waals surface area (Å²) in [4.78, 5) is 14.2. The summed E-state index contributed by atoms with van der Waals surface area (Å²) in [5, 5.41) is 4.86. The lowest BCUT2D eigenvalue weighted by atomic mass is 9.90. The number of halogens is 1. The predicted molar refractivity (Wildman–Crippen MR) is 96.9 cm³/mol. The zero-order chi connectivity index (χ0) is 16.5. The Morgan fingerprint density at radius 3 is 2.79 bits per heavy atom. The maximum absolute atomic E-state index is 10.6. The molecule has 0 spiro atoms. The van der Waals surface area contributed by atoms with Crippen LogP contribution in [0.1, 0.15) is 22.9 Å². The first-order valence-corrected chi connectivity index (χ1v) is 8.72. The summed E-state index contributed by atoms with van der Waals surface area (Å²) in [7, 11) is 0. The summed E-state index contributed by atoms with van der Waals surface area (Å²) < 4.78 is 6.09. The van der Waals surface area contributed by atoms with Gasteiger partial charge in [-0.3, -0.25) is 10.1 Å². The van der Waals surface area contributed by atoms with Crippen LogP contribution in [-0.4, -0.2) is 24.1 Å². The van der Waals surface area contributed by atoms with Crippen LogP contribution in [0.2, 0.25) is 0 Å². The Morgan fingerprint density at radius 1 is 1.17 bits per heavy atom. The quantitative estimate of drug-likeness (QED) is 0.674. The Labute approximate surface area is 148 Å². The number of fused-ring (bicyclic) bond motifs is 3. The van der Waals surface area contributed by atoms with Crippen molar-refractivity contribution < 1.29 is 9.53 Å². The van der Waals surface area contributed by atoms with Crippen molar-refractivity contribution in [2.75, 3.05) is 6.61 Å².